The Morgan fingerprint density at radius 2 is 2.00 bits per heavy atom. The molecular formula is C16H24BrNO3S. The molecule has 0 radical (unpaired) electrons. The van der Waals surface area contributed by atoms with Crippen LogP contribution in [0.2, 0.25) is 0 Å². The number of ether oxygens (including phenoxy) is 2. The molecule has 1 aromatic carbocycles. The third-order valence-electron chi connectivity index (χ3n) is 3.17. The van der Waals surface area contributed by atoms with E-state index in [1.165, 1.54) is 0 Å². The normalized spacial score (nSPS) is 11.9. The Balaban J connectivity index is 2.55. The average molecular weight is 390 g/mol. The number of hydrogen-bond donors (Lipinski definition) is 1. The van der Waals surface area contributed by atoms with Crippen molar-refractivity contribution < 1.29 is 14.3 Å². The minimum Gasteiger partial charge on any atom is -0.496 e. The fourth-order valence-electron chi connectivity index (χ4n) is 2.11. The minimum absolute atomic E-state index is 0.0778. The number of amides is 1. The predicted octanol–water partition coefficient (Wildman–Crippen LogP) is 4.00. The Hall–Kier alpha value is -0.880. The van der Waals surface area contributed by atoms with Crippen LogP contribution >= 0.6 is 27.7 Å². The zero-order valence-electron chi connectivity index (χ0n) is 13.6. The number of carbonyl (C=O) groups is 1. The van der Waals surface area contributed by atoms with Gasteiger partial charge in [-0.3, -0.25) is 4.79 Å². The summed E-state index contributed by atoms with van der Waals surface area (Å²) in [6, 6.07) is 4.06. The van der Waals surface area contributed by atoms with Crippen LogP contribution in [0.25, 0.3) is 0 Å². The highest BCUT2D eigenvalue weighted by molar-refractivity contribution is 9.10. The molecule has 1 N–H and O–H groups in total. The summed E-state index contributed by atoms with van der Waals surface area (Å²) in [5.74, 6) is 2.77. The first-order valence-corrected chi connectivity index (χ1v) is 9.24. The van der Waals surface area contributed by atoms with Crippen LogP contribution < -0.4 is 14.8 Å². The van der Waals surface area contributed by atoms with Crippen molar-refractivity contribution in [3.8, 4) is 11.5 Å². The summed E-state index contributed by atoms with van der Waals surface area (Å²) in [6.45, 7) is 4.15. The molecule has 4 nitrogen and oxygen atoms in total. The lowest BCUT2D eigenvalue weighted by Crippen LogP contribution is -2.33. The fraction of sp³-hybridized carbons (Fsp3) is 0.562. The van der Waals surface area contributed by atoms with E-state index in [9.17, 15) is 4.79 Å². The Morgan fingerprint density at radius 1 is 1.32 bits per heavy atom. The Morgan fingerprint density at radius 3 is 2.59 bits per heavy atom. The number of benzene rings is 1. The Bertz CT molecular complexity index is 497. The van der Waals surface area contributed by atoms with E-state index in [-0.39, 0.29) is 11.9 Å². The minimum atomic E-state index is 0.0778. The van der Waals surface area contributed by atoms with Gasteiger partial charge in [0.1, 0.15) is 11.5 Å². The van der Waals surface area contributed by atoms with Crippen LogP contribution in [-0.2, 0) is 10.5 Å². The predicted molar refractivity (Wildman–Crippen MR) is 95.9 cm³/mol. The molecule has 0 aliphatic rings. The van der Waals surface area contributed by atoms with Crippen molar-refractivity contribution in [3.63, 3.8) is 0 Å². The van der Waals surface area contributed by atoms with E-state index < -0.39 is 0 Å². The summed E-state index contributed by atoms with van der Waals surface area (Å²) in [4.78, 5) is 11.9. The van der Waals surface area contributed by atoms with E-state index in [0.717, 1.165) is 34.4 Å². The van der Waals surface area contributed by atoms with Crippen LogP contribution in [0.1, 0.15) is 32.3 Å². The molecule has 0 spiro atoms. The maximum atomic E-state index is 11.9. The summed E-state index contributed by atoms with van der Waals surface area (Å²) < 4.78 is 11.5. The van der Waals surface area contributed by atoms with Crippen LogP contribution in [0.3, 0.4) is 0 Å². The molecule has 0 aliphatic carbocycles. The zero-order valence-corrected chi connectivity index (χ0v) is 16.0. The quantitative estimate of drug-likeness (QED) is 0.692. The van der Waals surface area contributed by atoms with Gasteiger partial charge in [0.15, 0.2) is 0 Å². The zero-order chi connectivity index (χ0) is 16.5. The number of nitrogens with one attached hydrogen (secondary N) is 1. The van der Waals surface area contributed by atoms with Gasteiger partial charge < -0.3 is 14.8 Å². The van der Waals surface area contributed by atoms with Crippen molar-refractivity contribution in [2.75, 3.05) is 20.0 Å². The molecule has 0 bridgehead atoms. The first-order chi connectivity index (χ1) is 10.5. The topological polar surface area (TPSA) is 47.6 Å². The molecule has 0 fully saturated rings. The van der Waals surface area contributed by atoms with Gasteiger partial charge in [0.2, 0.25) is 5.91 Å². The molecule has 124 valence electrons. The molecule has 0 heterocycles. The van der Waals surface area contributed by atoms with Crippen molar-refractivity contribution in [1.82, 2.24) is 5.32 Å². The Labute approximate surface area is 145 Å². The lowest BCUT2D eigenvalue weighted by molar-refractivity contribution is -0.119. The van der Waals surface area contributed by atoms with E-state index >= 15 is 0 Å². The van der Waals surface area contributed by atoms with Gasteiger partial charge in [0, 0.05) is 17.4 Å². The molecular weight excluding hydrogens is 366 g/mol. The molecule has 1 amide bonds. The first kappa shape index (κ1) is 19.2. The molecule has 1 atom stereocenters. The van der Waals surface area contributed by atoms with E-state index in [4.69, 9.17) is 9.47 Å². The summed E-state index contributed by atoms with van der Waals surface area (Å²) in [7, 11) is 3.27. The number of rotatable bonds is 9. The highest BCUT2D eigenvalue weighted by atomic mass is 79.9. The monoisotopic (exact) mass is 389 g/mol. The first-order valence-electron chi connectivity index (χ1n) is 7.29. The summed E-state index contributed by atoms with van der Waals surface area (Å²) in [5.41, 5.74) is 1.02. The van der Waals surface area contributed by atoms with E-state index in [1.807, 2.05) is 19.1 Å². The lowest BCUT2D eigenvalue weighted by Gasteiger charge is -2.14. The van der Waals surface area contributed by atoms with Gasteiger partial charge in [-0.25, -0.2) is 0 Å². The van der Waals surface area contributed by atoms with E-state index in [1.54, 1.807) is 26.0 Å². The fourth-order valence-corrected chi connectivity index (χ4v) is 3.41. The third-order valence-corrected chi connectivity index (χ3v) is 4.78. The van der Waals surface area contributed by atoms with Crippen LogP contribution in [0.5, 0.6) is 11.5 Å². The molecule has 6 heteroatoms. The van der Waals surface area contributed by atoms with Gasteiger partial charge in [-0.2, -0.15) is 0 Å². The summed E-state index contributed by atoms with van der Waals surface area (Å²) in [6.07, 6.45) is 2.08. The van der Waals surface area contributed by atoms with Crippen molar-refractivity contribution in [3.05, 3.63) is 22.2 Å². The summed E-state index contributed by atoms with van der Waals surface area (Å²) in [5, 5.41) is 3.00. The average Bonchev–Trinajstić information content (AvgIpc) is 2.48. The van der Waals surface area contributed by atoms with E-state index in [0.29, 0.717) is 11.5 Å². The van der Waals surface area contributed by atoms with Crippen molar-refractivity contribution >= 4 is 33.6 Å². The second kappa shape index (κ2) is 10.0. The number of carbonyl (C=O) groups excluding carboxylic acids is 1. The van der Waals surface area contributed by atoms with Crippen LogP contribution in [0.4, 0.5) is 0 Å². The number of thioether (sulfide) groups is 1. The van der Waals surface area contributed by atoms with Gasteiger partial charge in [-0.15, -0.1) is 11.8 Å². The molecule has 1 rings (SSSR count). The van der Waals surface area contributed by atoms with Crippen molar-refractivity contribution in [2.45, 2.75) is 38.5 Å². The largest absolute Gasteiger partial charge is 0.496 e. The second-order valence-electron chi connectivity index (χ2n) is 5.05. The van der Waals surface area contributed by atoms with Crippen LogP contribution in [0, 0.1) is 0 Å². The molecule has 0 unspecified atom stereocenters. The number of halogens is 1. The number of hydrogen-bond acceptors (Lipinski definition) is 4. The van der Waals surface area contributed by atoms with E-state index in [2.05, 4.69) is 28.2 Å². The highest BCUT2D eigenvalue weighted by Gasteiger charge is 2.11. The van der Waals surface area contributed by atoms with Gasteiger partial charge >= 0.3 is 0 Å². The Kier molecular flexibility index (Phi) is 8.71. The maximum Gasteiger partial charge on any atom is 0.230 e. The number of methoxy groups -OCH3 is 2. The SMILES string of the molecule is CCC[C@@H](C)NC(=O)CSCc1cc(OC)c(Br)cc1OC. The van der Waals surface area contributed by atoms with Crippen molar-refractivity contribution in [1.29, 1.82) is 0 Å². The van der Waals surface area contributed by atoms with Gasteiger partial charge in [-0.05, 0) is 41.4 Å². The molecule has 0 aromatic heterocycles. The van der Waals surface area contributed by atoms with Crippen LogP contribution in [-0.4, -0.2) is 31.9 Å². The molecule has 22 heavy (non-hydrogen) atoms. The standard InChI is InChI=1S/C16H24BrNO3S/c1-5-6-11(2)18-16(19)10-22-9-12-7-15(21-4)13(17)8-14(12)20-3/h7-8,11H,5-6,9-10H2,1-4H3,(H,18,19)/t11-/m1/s1. The molecule has 0 saturated carbocycles. The van der Waals surface area contributed by atoms with Gasteiger partial charge in [0.05, 0.1) is 24.4 Å². The molecule has 0 aliphatic heterocycles. The van der Waals surface area contributed by atoms with Gasteiger partial charge in [0.25, 0.3) is 0 Å². The van der Waals surface area contributed by atoms with Gasteiger partial charge in [-0.1, -0.05) is 13.3 Å². The summed E-state index contributed by atoms with van der Waals surface area (Å²) >= 11 is 5.01. The smallest absolute Gasteiger partial charge is 0.230 e. The lowest BCUT2D eigenvalue weighted by atomic mass is 10.2. The maximum absolute atomic E-state index is 11.9. The molecule has 0 saturated heterocycles. The molecule has 1 aromatic rings. The van der Waals surface area contributed by atoms with Crippen LogP contribution in [0.15, 0.2) is 16.6 Å². The third kappa shape index (κ3) is 6.08. The second-order valence-corrected chi connectivity index (χ2v) is 6.89. The van der Waals surface area contributed by atoms with Crippen molar-refractivity contribution in [2.24, 2.45) is 0 Å². The highest BCUT2D eigenvalue weighted by Crippen LogP contribution is 2.34.